The molecule has 2 N–H and O–H groups in total. The number of carbonyl (C=O) groups excluding carboxylic acids is 1. The lowest BCUT2D eigenvalue weighted by Crippen LogP contribution is -2.45. The van der Waals surface area contributed by atoms with Gasteiger partial charge in [0.2, 0.25) is 5.91 Å². The van der Waals surface area contributed by atoms with Gasteiger partial charge in [-0.1, -0.05) is 20.8 Å². The first-order valence-electron chi connectivity index (χ1n) is 6.12. The average Bonchev–Trinajstić information content (AvgIpc) is 2.93. The molecule has 0 bridgehead atoms. The van der Waals surface area contributed by atoms with Crippen LogP contribution in [-0.2, 0) is 4.79 Å². The van der Waals surface area contributed by atoms with Gasteiger partial charge in [-0.15, -0.1) is 0 Å². The zero-order valence-electron chi connectivity index (χ0n) is 11.0. The normalized spacial score (nSPS) is 18.6. The Morgan fingerprint density at radius 1 is 1.33 bits per heavy atom. The Hall–Kier alpha value is -0.780. The van der Waals surface area contributed by atoms with E-state index >= 15 is 0 Å². The summed E-state index contributed by atoms with van der Waals surface area (Å²) in [6.45, 7) is 4.45. The van der Waals surface area contributed by atoms with Gasteiger partial charge in [0.05, 0.1) is 0 Å². The lowest BCUT2D eigenvalue weighted by Gasteiger charge is -2.30. The van der Waals surface area contributed by atoms with Gasteiger partial charge in [0.25, 0.3) is 0 Å². The molecule has 0 aliphatic heterocycles. The zero-order valence-corrected chi connectivity index (χ0v) is 11.0. The Bertz CT molecular complexity index is 305. The minimum atomic E-state index is -4.34. The topological polar surface area (TPSA) is 46.3 Å². The molecule has 106 valence electrons. The first-order valence-corrected chi connectivity index (χ1v) is 6.12. The molecule has 0 aromatic rings. The number of nitrogens with zero attached hydrogens (tertiary/aromatic N) is 1. The molecule has 0 aromatic carbocycles. The van der Waals surface area contributed by atoms with Crippen LogP contribution in [-0.4, -0.2) is 35.6 Å². The highest BCUT2D eigenvalue weighted by Crippen LogP contribution is 2.31. The Balaban J connectivity index is 2.61. The second-order valence-electron chi connectivity index (χ2n) is 6.04. The van der Waals surface area contributed by atoms with Crippen LogP contribution in [0.5, 0.6) is 0 Å². The number of carbonyl (C=O) groups is 1. The average molecular weight is 266 g/mol. The molecule has 1 amide bonds. The predicted molar refractivity (Wildman–Crippen MR) is 62.8 cm³/mol. The van der Waals surface area contributed by atoms with E-state index in [0.29, 0.717) is 12.8 Å². The summed E-state index contributed by atoms with van der Waals surface area (Å²) >= 11 is 0. The van der Waals surface area contributed by atoms with Gasteiger partial charge >= 0.3 is 6.18 Å². The predicted octanol–water partition coefficient (Wildman–Crippen LogP) is 2.30. The highest BCUT2D eigenvalue weighted by Gasteiger charge is 2.41. The maximum Gasteiger partial charge on any atom is 0.406 e. The molecule has 1 unspecified atom stereocenters. The molecule has 18 heavy (non-hydrogen) atoms. The van der Waals surface area contributed by atoms with E-state index in [9.17, 15) is 18.0 Å². The second kappa shape index (κ2) is 5.07. The third kappa shape index (κ3) is 4.84. The maximum absolute atomic E-state index is 12.4. The van der Waals surface area contributed by atoms with E-state index in [1.54, 1.807) is 0 Å². The Morgan fingerprint density at radius 3 is 2.17 bits per heavy atom. The highest BCUT2D eigenvalue weighted by atomic mass is 19.4. The zero-order chi connectivity index (χ0) is 14.1. The number of hydrogen-bond acceptors (Lipinski definition) is 2. The molecule has 6 heteroatoms. The molecule has 0 heterocycles. The molecule has 0 radical (unpaired) electrons. The summed E-state index contributed by atoms with van der Waals surface area (Å²) in [6.07, 6.45) is -3.06. The fourth-order valence-electron chi connectivity index (χ4n) is 1.61. The number of alkyl halides is 3. The van der Waals surface area contributed by atoms with Gasteiger partial charge in [-0.25, -0.2) is 0 Å². The molecule has 0 saturated heterocycles. The van der Waals surface area contributed by atoms with E-state index < -0.39 is 24.7 Å². The molecule has 0 aromatic heterocycles. The summed E-state index contributed by atoms with van der Waals surface area (Å²) in [6, 6.07) is -0.675. The smallest absolute Gasteiger partial charge is 0.331 e. The minimum Gasteiger partial charge on any atom is -0.331 e. The molecule has 3 nitrogen and oxygen atoms in total. The molecule has 0 spiro atoms. The van der Waals surface area contributed by atoms with E-state index in [-0.39, 0.29) is 17.9 Å². The first kappa shape index (κ1) is 15.3. The van der Waals surface area contributed by atoms with Crippen LogP contribution in [0.3, 0.4) is 0 Å². The van der Waals surface area contributed by atoms with Crippen molar-refractivity contribution in [3.05, 3.63) is 0 Å². The van der Waals surface area contributed by atoms with Crippen LogP contribution >= 0.6 is 0 Å². The van der Waals surface area contributed by atoms with Crippen molar-refractivity contribution in [3.63, 3.8) is 0 Å². The summed E-state index contributed by atoms with van der Waals surface area (Å²) in [5.41, 5.74) is 5.56. The Kier molecular flexibility index (Phi) is 4.30. The van der Waals surface area contributed by atoms with Crippen LogP contribution in [0.25, 0.3) is 0 Å². The molecule has 1 aliphatic carbocycles. The molecule has 1 fully saturated rings. The van der Waals surface area contributed by atoms with Crippen molar-refractivity contribution >= 4 is 5.91 Å². The van der Waals surface area contributed by atoms with Crippen molar-refractivity contribution < 1.29 is 18.0 Å². The second-order valence-corrected chi connectivity index (χ2v) is 6.04. The molecular weight excluding hydrogens is 245 g/mol. The minimum absolute atomic E-state index is 0.0317. The lowest BCUT2D eigenvalue weighted by molar-refractivity contribution is -0.162. The monoisotopic (exact) mass is 266 g/mol. The fourth-order valence-corrected chi connectivity index (χ4v) is 1.61. The van der Waals surface area contributed by atoms with Gasteiger partial charge in [-0.2, -0.15) is 13.2 Å². The summed E-state index contributed by atoms with van der Waals surface area (Å²) in [5, 5.41) is 0. The Morgan fingerprint density at radius 2 is 1.83 bits per heavy atom. The first-order chi connectivity index (χ1) is 8.00. The van der Waals surface area contributed by atoms with Crippen LogP contribution in [0.1, 0.15) is 40.0 Å². The van der Waals surface area contributed by atoms with Gasteiger partial charge in [0.1, 0.15) is 6.54 Å². The van der Waals surface area contributed by atoms with Crippen molar-refractivity contribution in [1.82, 2.24) is 4.90 Å². The highest BCUT2D eigenvalue weighted by molar-refractivity contribution is 5.77. The summed E-state index contributed by atoms with van der Waals surface area (Å²) in [4.78, 5) is 12.8. The van der Waals surface area contributed by atoms with E-state index in [0.717, 1.165) is 4.90 Å². The van der Waals surface area contributed by atoms with Crippen LogP contribution in [0.4, 0.5) is 13.2 Å². The van der Waals surface area contributed by atoms with Crippen molar-refractivity contribution in [2.45, 2.75) is 58.3 Å². The third-order valence-electron chi connectivity index (χ3n) is 3.16. The number of halogens is 3. The number of nitrogens with two attached hydrogens (primary N) is 1. The van der Waals surface area contributed by atoms with Crippen LogP contribution in [0, 0.1) is 5.41 Å². The molecule has 1 saturated carbocycles. The van der Waals surface area contributed by atoms with E-state index in [4.69, 9.17) is 5.73 Å². The van der Waals surface area contributed by atoms with Crippen molar-refractivity contribution in [3.8, 4) is 0 Å². The number of amides is 1. The number of hydrogen-bond donors (Lipinski definition) is 1. The maximum atomic E-state index is 12.4. The van der Waals surface area contributed by atoms with Crippen LogP contribution in [0.15, 0.2) is 0 Å². The van der Waals surface area contributed by atoms with Gasteiger partial charge in [0, 0.05) is 18.5 Å². The van der Waals surface area contributed by atoms with E-state index in [2.05, 4.69) is 0 Å². The molecule has 1 aliphatic rings. The largest absolute Gasteiger partial charge is 0.406 e. The van der Waals surface area contributed by atoms with Gasteiger partial charge in [0.15, 0.2) is 0 Å². The summed E-state index contributed by atoms with van der Waals surface area (Å²) < 4.78 is 37.2. The number of rotatable bonds is 4. The van der Waals surface area contributed by atoms with Crippen molar-refractivity contribution in [1.29, 1.82) is 0 Å². The molecule has 1 atom stereocenters. The fraction of sp³-hybridized carbons (Fsp3) is 0.917. The summed E-state index contributed by atoms with van der Waals surface area (Å²) in [7, 11) is 0. The SMILES string of the molecule is CC(C)(C)C(N)CC(=O)N(CC(F)(F)F)C1CC1. The third-order valence-corrected chi connectivity index (χ3v) is 3.16. The standard InChI is InChI=1S/C12H21F3N2O/c1-11(2,3)9(16)6-10(18)17(8-4-5-8)7-12(13,14)15/h8-9H,4-7,16H2,1-3H3. The van der Waals surface area contributed by atoms with Crippen LogP contribution in [0.2, 0.25) is 0 Å². The van der Waals surface area contributed by atoms with Gasteiger partial charge < -0.3 is 10.6 Å². The summed E-state index contributed by atoms with van der Waals surface area (Å²) in [5.74, 6) is -0.489. The Labute approximate surface area is 106 Å². The lowest BCUT2D eigenvalue weighted by atomic mass is 9.85. The van der Waals surface area contributed by atoms with E-state index in [1.165, 1.54) is 0 Å². The van der Waals surface area contributed by atoms with Crippen molar-refractivity contribution in [2.24, 2.45) is 11.1 Å². The van der Waals surface area contributed by atoms with Gasteiger partial charge in [-0.05, 0) is 18.3 Å². The molecular formula is C12H21F3N2O. The van der Waals surface area contributed by atoms with Crippen molar-refractivity contribution in [2.75, 3.05) is 6.54 Å². The quantitative estimate of drug-likeness (QED) is 0.848. The van der Waals surface area contributed by atoms with Crippen LogP contribution < -0.4 is 5.73 Å². The van der Waals surface area contributed by atoms with Gasteiger partial charge in [-0.3, -0.25) is 4.79 Å². The van der Waals surface area contributed by atoms with E-state index in [1.807, 2.05) is 20.8 Å². The molecule has 1 rings (SSSR count).